The predicted molar refractivity (Wildman–Crippen MR) is 358 cm³/mol. The van der Waals surface area contributed by atoms with Crippen LogP contribution in [0.3, 0.4) is 0 Å². The number of aryl methyl sites for hydroxylation is 4. The first-order chi connectivity index (χ1) is 41.9. The molecular weight excluding hydrogens is 1040 g/mol. The summed E-state index contributed by atoms with van der Waals surface area (Å²) in [6.07, 6.45) is 0. The smallest absolute Gasteiger partial charge is 0.252 e. The minimum Gasteiger partial charge on any atom is -0.456 e. The number of para-hydroxylation sites is 6. The molecule has 0 saturated carbocycles. The number of nitrogens with zero attached hydrogens (tertiary/aromatic N) is 4. The third-order valence-electron chi connectivity index (χ3n) is 18.0. The largest absolute Gasteiger partial charge is 0.456 e. The van der Waals surface area contributed by atoms with E-state index in [0.29, 0.717) is 0 Å². The fourth-order valence-electron chi connectivity index (χ4n) is 14.5. The molecule has 0 radical (unpaired) electrons. The highest BCUT2D eigenvalue weighted by Gasteiger charge is 2.45. The van der Waals surface area contributed by atoms with E-state index in [4.69, 9.17) is 8.83 Å². The van der Waals surface area contributed by atoms with Crippen molar-refractivity contribution in [3.63, 3.8) is 0 Å². The molecular formula is C78H55BN4O2. The van der Waals surface area contributed by atoms with Crippen molar-refractivity contribution in [2.75, 3.05) is 19.6 Å². The van der Waals surface area contributed by atoms with Gasteiger partial charge in [-0.3, -0.25) is 0 Å². The Bertz CT molecular complexity index is 4770. The van der Waals surface area contributed by atoms with Gasteiger partial charge < -0.3 is 28.4 Å². The van der Waals surface area contributed by atoms with E-state index in [-0.39, 0.29) is 6.71 Å². The van der Waals surface area contributed by atoms with Crippen LogP contribution in [0.2, 0.25) is 0 Å². The van der Waals surface area contributed by atoms with E-state index < -0.39 is 0 Å². The van der Waals surface area contributed by atoms with Gasteiger partial charge in [-0.05, 0) is 162 Å². The molecule has 0 amide bonds. The van der Waals surface area contributed by atoms with Crippen LogP contribution in [-0.2, 0) is 0 Å². The second-order valence-electron chi connectivity index (χ2n) is 23.0. The number of rotatable bonds is 8. The summed E-state index contributed by atoms with van der Waals surface area (Å²) in [7, 11) is 0. The molecule has 0 N–H and O–H groups in total. The van der Waals surface area contributed by atoms with E-state index >= 15 is 0 Å². The van der Waals surface area contributed by atoms with Crippen molar-refractivity contribution in [2.24, 2.45) is 0 Å². The highest BCUT2D eigenvalue weighted by atomic mass is 16.3. The monoisotopic (exact) mass is 1090 g/mol. The Labute approximate surface area is 493 Å². The molecule has 6 nitrogen and oxygen atoms in total. The molecule has 0 fully saturated rings. The van der Waals surface area contributed by atoms with Crippen LogP contribution in [0.1, 0.15) is 22.3 Å². The molecule has 2 aromatic heterocycles. The molecule has 2 aliphatic heterocycles. The van der Waals surface area contributed by atoms with Crippen LogP contribution in [0.15, 0.2) is 270 Å². The molecule has 7 heteroatoms. The van der Waals surface area contributed by atoms with Crippen LogP contribution < -0.4 is 36.0 Å². The van der Waals surface area contributed by atoms with Gasteiger partial charge in [-0.2, -0.15) is 0 Å². The number of hydrogen-bond acceptors (Lipinski definition) is 6. The van der Waals surface area contributed by atoms with Gasteiger partial charge in [-0.25, -0.2) is 0 Å². The summed E-state index contributed by atoms with van der Waals surface area (Å²) in [5.74, 6) is 0. The average molecular weight is 1090 g/mol. The summed E-state index contributed by atoms with van der Waals surface area (Å²) in [6, 6.07) is 94.7. The summed E-state index contributed by atoms with van der Waals surface area (Å²) in [5, 5.41) is 8.88. The van der Waals surface area contributed by atoms with Crippen molar-refractivity contribution in [3.05, 3.63) is 283 Å². The second kappa shape index (κ2) is 18.9. The highest BCUT2D eigenvalue weighted by Crippen LogP contribution is 2.52. The maximum atomic E-state index is 7.38. The van der Waals surface area contributed by atoms with Gasteiger partial charge in [-0.1, -0.05) is 164 Å². The lowest BCUT2D eigenvalue weighted by Crippen LogP contribution is -2.61. The zero-order chi connectivity index (χ0) is 56.6. The van der Waals surface area contributed by atoms with Crippen molar-refractivity contribution in [1.82, 2.24) is 0 Å². The quantitative estimate of drug-likeness (QED) is 0.141. The number of benzene rings is 13. The summed E-state index contributed by atoms with van der Waals surface area (Å²) < 4.78 is 14.8. The number of hydrogen-bond donors (Lipinski definition) is 0. The molecule has 17 rings (SSSR count). The van der Waals surface area contributed by atoms with Gasteiger partial charge in [0.25, 0.3) is 6.71 Å². The third-order valence-corrected chi connectivity index (χ3v) is 18.0. The lowest BCUT2D eigenvalue weighted by molar-refractivity contribution is 0.669. The molecule has 2 aliphatic rings. The van der Waals surface area contributed by atoms with Crippen LogP contribution in [-0.4, -0.2) is 6.71 Å². The molecule has 85 heavy (non-hydrogen) atoms. The van der Waals surface area contributed by atoms with E-state index in [2.05, 4.69) is 308 Å². The molecule has 0 bridgehead atoms. The molecule has 0 saturated heterocycles. The maximum absolute atomic E-state index is 7.38. The number of fused-ring (bicyclic) bond motifs is 14. The van der Waals surface area contributed by atoms with Crippen LogP contribution in [0.5, 0.6) is 0 Å². The molecule has 13 aromatic carbocycles. The standard InChI is InChI=1S/C78H55BN4O2/c1-48-24-21-25-49(2)77(48)82-64-40-23-41-65-76(64)79(62-44-70-60(42-68(62)82)74-58-38-19-17-36-56(58)66(46-72(74)84-70)80(52-28-9-5-10-29-52)53-30-11-6-12-31-53)63-45-71-61(43-69(63)83(65)78-50(3)26-22-27-51(78)4)75-59-39-20-18-37-57(59)67(47-73(75)85-71)81(54-32-13-7-14-33-54)55-34-15-8-16-35-55/h5-47H,1-4H3. The Morgan fingerprint density at radius 3 is 0.988 bits per heavy atom. The molecule has 402 valence electrons. The molecule has 0 aliphatic carbocycles. The van der Waals surface area contributed by atoms with E-state index in [9.17, 15) is 0 Å². The van der Waals surface area contributed by atoms with Crippen LogP contribution in [0.4, 0.5) is 68.2 Å². The van der Waals surface area contributed by atoms with Gasteiger partial charge in [0.15, 0.2) is 0 Å². The minimum absolute atomic E-state index is 0.217. The summed E-state index contributed by atoms with van der Waals surface area (Å²) in [4.78, 5) is 9.83. The number of anilines is 12. The first kappa shape index (κ1) is 48.9. The summed E-state index contributed by atoms with van der Waals surface area (Å²) in [5.41, 5.74) is 25.0. The van der Waals surface area contributed by atoms with E-state index in [0.717, 1.165) is 122 Å². The highest BCUT2D eigenvalue weighted by molar-refractivity contribution is 7.00. The van der Waals surface area contributed by atoms with Gasteiger partial charge in [0, 0.05) is 89.9 Å². The molecule has 0 atom stereocenters. The Morgan fingerprint density at radius 2 is 0.624 bits per heavy atom. The molecule has 0 spiro atoms. The first-order valence-electron chi connectivity index (χ1n) is 29.4. The van der Waals surface area contributed by atoms with Crippen molar-refractivity contribution in [1.29, 1.82) is 0 Å². The van der Waals surface area contributed by atoms with Gasteiger partial charge in [0.1, 0.15) is 22.3 Å². The second-order valence-corrected chi connectivity index (χ2v) is 23.0. The van der Waals surface area contributed by atoms with Gasteiger partial charge in [0.05, 0.1) is 22.7 Å². The average Bonchev–Trinajstić information content (AvgIpc) is 1.79. The SMILES string of the molecule is Cc1cccc(C)c1N1c2cc3c(cc2B2c4cc5oc6cc(N(c7ccccc7)c7ccccc7)c7ccccc7c6c5cc4N(c4c(C)cccc4C)c4cccc1c42)oc1cc(N(c2ccccc2)c2ccccc2)c2ccccc2c13. The Balaban J connectivity index is 0.964. The normalized spacial score (nSPS) is 12.6. The lowest BCUT2D eigenvalue weighted by Gasteiger charge is -2.45. The summed E-state index contributed by atoms with van der Waals surface area (Å²) in [6.45, 7) is 8.78. The lowest BCUT2D eigenvalue weighted by atomic mass is 9.33. The Hall–Kier alpha value is -10.8. The predicted octanol–water partition coefficient (Wildman–Crippen LogP) is 20.0. The first-order valence-corrected chi connectivity index (χ1v) is 29.4. The van der Waals surface area contributed by atoms with E-state index in [1.807, 2.05) is 0 Å². The van der Waals surface area contributed by atoms with Crippen LogP contribution in [0.25, 0.3) is 65.4 Å². The van der Waals surface area contributed by atoms with Gasteiger partial charge in [-0.15, -0.1) is 0 Å². The zero-order valence-corrected chi connectivity index (χ0v) is 47.5. The van der Waals surface area contributed by atoms with E-state index in [1.54, 1.807) is 0 Å². The topological polar surface area (TPSA) is 39.2 Å². The van der Waals surface area contributed by atoms with Crippen molar-refractivity contribution in [2.45, 2.75) is 27.7 Å². The Morgan fingerprint density at radius 1 is 0.294 bits per heavy atom. The molecule has 4 heterocycles. The Kier molecular flexibility index (Phi) is 10.9. The van der Waals surface area contributed by atoms with Crippen molar-refractivity contribution < 1.29 is 8.83 Å². The third kappa shape index (κ3) is 7.33. The zero-order valence-electron chi connectivity index (χ0n) is 47.5. The maximum Gasteiger partial charge on any atom is 0.252 e. The van der Waals surface area contributed by atoms with Crippen LogP contribution >= 0.6 is 0 Å². The molecule has 15 aromatic rings. The fourth-order valence-corrected chi connectivity index (χ4v) is 14.5. The summed E-state index contributed by atoms with van der Waals surface area (Å²) >= 11 is 0. The van der Waals surface area contributed by atoms with Gasteiger partial charge in [0.2, 0.25) is 0 Å². The van der Waals surface area contributed by atoms with E-state index in [1.165, 1.54) is 50.0 Å². The number of furan rings is 2. The van der Waals surface area contributed by atoms with Crippen molar-refractivity contribution in [3.8, 4) is 0 Å². The minimum atomic E-state index is -0.217. The fraction of sp³-hybridized carbons (Fsp3) is 0.0513. The van der Waals surface area contributed by atoms with Gasteiger partial charge >= 0.3 is 0 Å². The van der Waals surface area contributed by atoms with Crippen LogP contribution in [0, 0.1) is 27.7 Å². The van der Waals surface area contributed by atoms with Crippen molar-refractivity contribution >= 4 is 157 Å². The molecule has 0 unspecified atom stereocenters.